The molecule has 0 aliphatic carbocycles. The van der Waals surface area contributed by atoms with Gasteiger partial charge in [-0.3, -0.25) is 4.79 Å². The van der Waals surface area contributed by atoms with Crippen molar-refractivity contribution in [1.29, 1.82) is 5.26 Å². The van der Waals surface area contributed by atoms with E-state index in [9.17, 15) is 9.18 Å². The van der Waals surface area contributed by atoms with Crippen molar-refractivity contribution < 1.29 is 9.18 Å². The maximum Gasteiger partial charge on any atom is 0.256 e. The molecule has 1 unspecified atom stereocenters. The molecule has 0 saturated carbocycles. The summed E-state index contributed by atoms with van der Waals surface area (Å²) in [6.07, 6.45) is 0. The number of rotatable bonds is 1. The maximum absolute atomic E-state index is 13.0. The second-order valence-electron chi connectivity index (χ2n) is 3.97. The first kappa shape index (κ1) is 13.2. The van der Waals surface area contributed by atoms with Crippen LogP contribution >= 0.6 is 22.6 Å². The van der Waals surface area contributed by atoms with E-state index < -0.39 is 6.04 Å². The number of piperazine rings is 1. The van der Waals surface area contributed by atoms with E-state index in [0.717, 1.165) is 0 Å². The van der Waals surface area contributed by atoms with E-state index in [2.05, 4.69) is 11.4 Å². The number of nitrogens with zero attached hydrogens (tertiary/aromatic N) is 2. The van der Waals surface area contributed by atoms with Crippen molar-refractivity contribution in [2.45, 2.75) is 6.04 Å². The minimum atomic E-state index is -0.466. The molecule has 1 aliphatic heterocycles. The monoisotopic (exact) mass is 359 g/mol. The quantitative estimate of drug-likeness (QED) is 0.771. The van der Waals surface area contributed by atoms with Crippen LogP contribution in [-0.2, 0) is 0 Å². The summed E-state index contributed by atoms with van der Waals surface area (Å²) in [5.74, 6) is -0.583. The summed E-state index contributed by atoms with van der Waals surface area (Å²) in [6, 6.07) is 5.68. The Morgan fingerprint density at radius 3 is 3.06 bits per heavy atom. The highest BCUT2D eigenvalue weighted by Crippen LogP contribution is 2.17. The molecule has 1 heterocycles. The summed E-state index contributed by atoms with van der Waals surface area (Å²) in [5, 5.41) is 12.1. The van der Waals surface area contributed by atoms with Crippen molar-refractivity contribution in [2.75, 3.05) is 19.6 Å². The van der Waals surface area contributed by atoms with Crippen LogP contribution in [0.25, 0.3) is 0 Å². The fourth-order valence-corrected chi connectivity index (χ4v) is 2.59. The highest BCUT2D eigenvalue weighted by atomic mass is 127. The van der Waals surface area contributed by atoms with E-state index in [1.54, 1.807) is 0 Å². The molecule has 1 aromatic rings. The number of nitriles is 1. The molecule has 94 valence electrons. The molecule has 0 spiro atoms. The lowest BCUT2D eigenvalue weighted by Gasteiger charge is -2.32. The Morgan fingerprint density at radius 2 is 2.39 bits per heavy atom. The van der Waals surface area contributed by atoms with Gasteiger partial charge < -0.3 is 10.2 Å². The fraction of sp³-hybridized carbons (Fsp3) is 0.333. The number of hydrogen-bond acceptors (Lipinski definition) is 3. The average molecular weight is 359 g/mol. The first-order valence-corrected chi connectivity index (χ1v) is 6.57. The van der Waals surface area contributed by atoms with Gasteiger partial charge in [-0.2, -0.15) is 5.26 Å². The molecule has 4 nitrogen and oxygen atoms in total. The van der Waals surface area contributed by atoms with Crippen molar-refractivity contribution in [3.63, 3.8) is 0 Å². The molecule has 0 aromatic heterocycles. The SMILES string of the molecule is N#CC1CNCCN1C(=O)c1ccc(F)cc1I. The third-order valence-electron chi connectivity index (χ3n) is 2.81. The largest absolute Gasteiger partial charge is 0.320 e. The van der Waals surface area contributed by atoms with E-state index in [4.69, 9.17) is 5.26 Å². The van der Waals surface area contributed by atoms with Crippen LogP contribution in [0.15, 0.2) is 18.2 Å². The number of halogens is 2. The van der Waals surface area contributed by atoms with Gasteiger partial charge in [-0.25, -0.2) is 4.39 Å². The van der Waals surface area contributed by atoms with Crippen molar-refractivity contribution in [3.8, 4) is 6.07 Å². The summed E-state index contributed by atoms with van der Waals surface area (Å²) in [7, 11) is 0. The Labute approximate surface area is 118 Å². The molecule has 1 saturated heterocycles. The molecule has 1 fully saturated rings. The van der Waals surface area contributed by atoms with Crippen LogP contribution in [0, 0.1) is 20.7 Å². The molecule has 1 N–H and O–H groups in total. The van der Waals surface area contributed by atoms with Crippen LogP contribution in [0.4, 0.5) is 4.39 Å². The minimum Gasteiger partial charge on any atom is -0.320 e. The van der Waals surface area contributed by atoms with Crippen molar-refractivity contribution in [1.82, 2.24) is 10.2 Å². The number of nitrogens with one attached hydrogen (secondary N) is 1. The van der Waals surface area contributed by atoms with Gasteiger partial charge in [-0.1, -0.05) is 0 Å². The van der Waals surface area contributed by atoms with Gasteiger partial charge in [0.25, 0.3) is 5.91 Å². The topological polar surface area (TPSA) is 56.1 Å². The highest BCUT2D eigenvalue weighted by molar-refractivity contribution is 14.1. The normalized spacial score (nSPS) is 19.4. The maximum atomic E-state index is 13.0. The molecular formula is C12H11FIN3O. The van der Waals surface area contributed by atoms with E-state index in [1.807, 2.05) is 22.6 Å². The predicted molar refractivity (Wildman–Crippen MR) is 72.4 cm³/mol. The van der Waals surface area contributed by atoms with Gasteiger partial charge in [0.1, 0.15) is 11.9 Å². The van der Waals surface area contributed by atoms with Crippen LogP contribution < -0.4 is 5.32 Å². The molecule has 1 aromatic carbocycles. The molecule has 2 rings (SSSR count). The number of carbonyl (C=O) groups excluding carboxylic acids is 1. The smallest absolute Gasteiger partial charge is 0.256 e. The van der Waals surface area contributed by atoms with Crippen LogP contribution in [-0.4, -0.2) is 36.5 Å². The molecule has 0 radical (unpaired) electrons. The number of benzene rings is 1. The zero-order chi connectivity index (χ0) is 13.1. The van der Waals surface area contributed by atoms with Gasteiger partial charge in [0, 0.05) is 23.2 Å². The summed E-state index contributed by atoms with van der Waals surface area (Å²) < 4.78 is 13.6. The lowest BCUT2D eigenvalue weighted by atomic mass is 10.1. The number of amides is 1. The van der Waals surface area contributed by atoms with Crippen LogP contribution in [0.5, 0.6) is 0 Å². The van der Waals surface area contributed by atoms with E-state index in [1.165, 1.54) is 23.1 Å². The van der Waals surface area contributed by atoms with Gasteiger partial charge in [0.15, 0.2) is 0 Å². The minimum absolute atomic E-state index is 0.215. The Morgan fingerprint density at radius 1 is 1.61 bits per heavy atom. The zero-order valence-electron chi connectivity index (χ0n) is 9.49. The average Bonchev–Trinajstić information content (AvgIpc) is 2.38. The lowest BCUT2D eigenvalue weighted by Crippen LogP contribution is -2.53. The third-order valence-corrected chi connectivity index (χ3v) is 3.71. The van der Waals surface area contributed by atoms with E-state index in [0.29, 0.717) is 28.8 Å². The Hall–Kier alpha value is -1.20. The Bertz CT molecular complexity index is 515. The third kappa shape index (κ3) is 2.62. The molecular weight excluding hydrogens is 348 g/mol. The second kappa shape index (κ2) is 5.63. The molecule has 6 heteroatoms. The van der Waals surface area contributed by atoms with Gasteiger partial charge in [-0.15, -0.1) is 0 Å². The first-order chi connectivity index (χ1) is 8.63. The van der Waals surface area contributed by atoms with Crippen LogP contribution in [0.1, 0.15) is 10.4 Å². The summed E-state index contributed by atoms with van der Waals surface area (Å²) in [6.45, 7) is 1.63. The summed E-state index contributed by atoms with van der Waals surface area (Å²) in [4.78, 5) is 13.9. The van der Waals surface area contributed by atoms with E-state index in [-0.39, 0.29) is 11.7 Å². The predicted octanol–water partition coefficient (Wildman–Crippen LogP) is 1.37. The number of hydrogen-bond donors (Lipinski definition) is 1. The molecule has 18 heavy (non-hydrogen) atoms. The standard InChI is InChI=1S/C12H11FIN3O/c13-8-1-2-10(11(14)5-8)12(18)17-4-3-16-7-9(17)6-15/h1-2,5,9,16H,3-4,7H2. The van der Waals surface area contributed by atoms with Crippen LogP contribution in [0.3, 0.4) is 0 Å². The van der Waals surface area contributed by atoms with Crippen molar-refractivity contribution in [2.24, 2.45) is 0 Å². The zero-order valence-corrected chi connectivity index (χ0v) is 11.6. The highest BCUT2D eigenvalue weighted by Gasteiger charge is 2.28. The molecule has 1 amide bonds. The Kier molecular flexibility index (Phi) is 4.14. The molecule has 1 aliphatic rings. The van der Waals surface area contributed by atoms with Gasteiger partial charge in [0.2, 0.25) is 0 Å². The van der Waals surface area contributed by atoms with Crippen molar-refractivity contribution in [3.05, 3.63) is 33.1 Å². The van der Waals surface area contributed by atoms with E-state index >= 15 is 0 Å². The summed E-state index contributed by atoms with van der Waals surface area (Å²) in [5.41, 5.74) is 0.444. The lowest BCUT2D eigenvalue weighted by molar-refractivity contribution is 0.0686. The second-order valence-corrected chi connectivity index (χ2v) is 5.13. The number of carbonyl (C=O) groups is 1. The first-order valence-electron chi connectivity index (χ1n) is 5.50. The van der Waals surface area contributed by atoms with Crippen LogP contribution in [0.2, 0.25) is 0 Å². The van der Waals surface area contributed by atoms with Gasteiger partial charge >= 0.3 is 0 Å². The Balaban J connectivity index is 2.27. The molecule has 1 atom stereocenters. The van der Waals surface area contributed by atoms with Crippen molar-refractivity contribution >= 4 is 28.5 Å². The van der Waals surface area contributed by atoms with Gasteiger partial charge in [0.05, 0.1) is 11.6 Å². The summed E-state index contributed by atoms with van der Waals surface area (Å²) >= 11 is 1.93. The van der Waals surface area contributed by atoms with Gasteiger partial charge in [-0.05, 0) is 40.8 Å². The molecule has 0 bridgehead atoms. The fourth-order valence-electron chi connectivity index (χ4n) is 1.88.